The third-order valence-corrected chi connectivity index (χ3v) is 23.6. The van der Waals surface area contributed by atoms with Crippen LogP contribution >= 0.6 is 59.2 Å². The Kier molecular flexibility index (Phi) is 16.6. The Morgan fingerprint density at radius 1 is 0.672 bits per heavy atom. The molecule has 1 heterocycles. The van der Waals surface area contributed by atoms with Crippen LogP contribution in [0.2, 0.25) is 0 Å². The van der Waals surface area contributed by atoms with E-state index in [0.29, 0.717) is 0 Å². The van der Waals surface area contributed by atoms with Crippen molar-refractivity contribution in [2.24, 2.45) is 0 Å². The summed E-state index contributed by atoms with van der Waals surface area (Å²) in [6.07, 6.45) is 20.0. The summed E-state index contributed by atoms with van der Waals surface area (Å²) in [5.41, 5.74) is 13.3. The second-order valence-corrected chi connectivity index (χ2v) is 30.9. The molecule has 0 amide bonds. The van der Waals surface area contributed by atoms with Gasteiger partial charge in [-0.25, -0.2) is 0 Å². The summed E-state index contributed by atoms with van der Waals surface area (Å²) in [6, 6.07) is 18.9. The van der Waals surface area contributed by atoms with Gasteiger partial charge < -0.3 is 4.74 Å². The zero-order valence-corrected chi connectivity index (χ0v) is 42.8. The van der Waals surface area contributed by atoms with Crippen LogP contribution in [-0.2, 0) is 21.4 Å². The molecule has 10 heteroatoms. The van der Waals surface area contributed by atoms with Gasteiger partial charge in [-0.15, -0.1) is 0 Å². The van der Waals surface area contributed by atoms with Crippen LogP contribution < -0.4 is 0 Å². The van der Waals surface area contributed by atoms with Gasteiger partial charge in [-0.05, 0) is 68.3 Å². The molecule has 58 heavy (non-hydrogen) atoms. The van der Waals surface area contributed by atoms with Gasteiger partial charge in [0.1, 0.15) is 6.10 Å². The van der Waals surface area contributed by atoms with Crippen LogP contribution in [0.3, 0.4) is 0 Å². The molecule has 2 atom stereocenters. The number of benzene rings is 3. The maximum atomic E-state index is 11.4. The van der Waals surface area contributed by atoms with E-state index in [1.807, 2.05) is 30.3 Å². The molecule has 0 bridgehead atoms. The zero-order valence-electron chi connectivity index (χ0n) is 35.5. The fraction of sp³-hybridized carbons (Fsp3) is 0.521. The molecule has 0 spiro atoms. The second-order valence-electron chi connectivity index (χ2n) is 17.0. The van der Waals surface area contributed by atoms with Crippen LogP contribution in [0.5, 0.6) is 0 Å². The van der Waals surface area contributed by atoms with Crippen LogP contribution in [0.15, 0.2) is 63.8 Å². The molecule has 3 aliphatic carbocycles. The van der Waals surface area contributed by atoms with E-state index in [4.69, 9.17) is 24.1 Å². The molecule has 4 nitrogen and oxygen atoms in total. The van der Waals surface area contributed by atoms with Crippen LogP contribution in [0.1, 0.15) is 136 Å². The van der Waals surface area contributed by atoms with Crippen LogP contribution in [-0.4, -0.2) is 42.8 Å². The van der Waals surface area contributed by atoms with Crippen molar-refractivity contribution in [2.75, 3.05) is 0 Å². The average molecular weight is 1060 g/mol. The van der Waals surface area contributed by atoms with Crippen LogP contribution in [0.4, 0.5) is 0 Å². The molecule has 0 N–H and O–H groups in total. The molecule has 318 valence electrons. The Labute approximate surface area is 376 Å². The van der Waals surface area contributed by atoms with Crippen LogP contribution in [0, 0.1) is 45.6 Å². The Bertz CT molecular complexity index is 2090. The first kappa shape index (κ1) is 46.3. The molecule has 0 saturated heterocycles. The van der Waals surface area contributed by atoms with Gasteiger partial charge in [0.25, 0.3) is 0 Å². The van der Waals surface area contributed by atoms with Crippen molar-refractivity contribution in [3.63, 3.8) is 0 Å². The number of esters is 1. The van der Waals surface area contributed by atoms with Crippen molar-refractivity contribution in [3.8, 4) is 11.4 Å². The topological polar surface area (TPSA) is 36.2 Å². The molecule has 4 aromatic rings. The first-order valence-corrected chi connectivity index (χ1v) is 30.8. The summed E-state index contributed by atoms with van der Waals surface area (Å²) in [4.78, 5) is 11.4. The van der Waals surface area contributed by atoms with E-state index in [2.05, 4.69) is 111 Å². The minimum absolute atomic E-state index is 0.0738. The van der Waals surface area contributed by atoms with E-state index >= 15 is 0 Å². The number of hydrogen-bond acceptors (Lipinski definition) is 2. The summed E-state index contributed by atoms with van der Waals surface area (Å²) in [5.74, 6) is -0.0738. The number of aromatic nitrogens is 2. The number of rotatable bonds is 7. The third kappa shape index (κ3) is 11.1. The molecule has 3 aromatic carbocycles. The molecule has 3 aliphatic rings. The number of carbonyl (C=O) groups is 1. The number of carbonyl (C=O) groups excluding carboxylic acids is 1. The zero-order chi connectivity index (χ0) is 41.7. The molecular formula is C48H63Br2Cl2N2O2PRu. The monoisotopic (exact) mass is 1060 g/mol. The molecule has 0 aliphatic heterocycles. The van der Waals surface area contributed by atoms with Gasteiger partial charge in [0.2, 0.25) is 0 Å². The maximum absolute atomic E-state index is 11.4. The predicted molar refractivity (Wildman–Crippen MR) is 254 cm³/mol. The van der Waals surface area contributed by atoms with Gasteiger partial charge in [0, 0.05) is 6.92 Å². The van der Waals surface area contributed by atoms with E-state index < -0.39 is 11.9 Å². The number of aryl methyl sites for hydroxylation is 6. The summed E-state index contributed by atoms with van der Waals surface area (Å²) in [6.45, 7) is 14.4. The van der Waals surface area contributed by atoms with E-state index in [9.17, 15) is 4.79 Å². The van der Waals surface area contributed by atoms with E-state index in [-0.39, 0.29) is 20.0 Å². The van der Waals surface area contributed by atoms with Crippen molar-refractivity contribution in [1.82, 2.24) is 9.13 Å². The van der Waals surface area contributed by atoms with Crippen LogP contribution in [0.25, 0.3) is 11.4 Å². The average Bonchev–Trinajstić information content (AvgIpc) is 3.42. The summed E-state index contributed by atoms with van der Waals surface area (Å²) < 4.78 is 14.8. The van der Waals surface area contributed by atoms with Crippen molar-refractivity contribution < 1.29 is 21.4 Å². The van der Waals surface area contributed by atoms with Gasteiger partial charge in [0.15, 0.2) is 0 Å². The molecule has 0 radical (unpaired) electrons. The van der Waals surface area contributed by atoms with Gasteiger partial charge >= 0.3 is 243 Å². The molecule has 2 unspecified atom stereocenters. The van der Waals surface area contributed by atoms with Crippen molar-refractivity contribution in [3.05, 3.63) is 107 Å². The summed E-state index contributed by atoms with van der Waals surface area (Å²) >= 11 is 4.18. The Hall–Kier alpha value is -1.20. The summed E-state index contributed by atoms with van der Waals surface area (Å²) in [7, 11) is 15.1. The van der Waals surface area contributed by atoms with Gasteiger partial charge in [-0.2, -0.15) is 0 Å². The molecule has 3 fully saturated rings. The third-order valence-electron chi connectivity index (χ3n) is 12.2. The fourth-order valence-electron chi connectivity index (χ4n) is 10.2. The van der Waals surface area contributed by atoms with E-state index in [0.717, 1.165) is 53.6 Å². The normalized spacial score (nSPS) is 19.7. The SMILES string of the molecule is CC(=O)OC1CCCC(P(C2CCCCC2)C2CCCCC2)C1.Cc1cc(C)c(-n2c(Br)c(Br)n(-c3c(C)cc(C)cc3C)[c]2=[Ru]([Cl])([Cl])=[CH]c2ccccc2)c(C)c1. The molecule has 7 rings (SSSR count). The Morgan fingerprint density at radius 3 is 1.53 bits per heavy atom. The minimum atomic E-state index is -3.64. The van der Waals surface area contributed by atoms with Gasteiger partial charge in [0.05, 0.1) is 0 Å². The van der Waals surface area contributed by atoms with Gasteiger partial charge in [-0.1, -0.05) is 46.4 Å². The predicted octanol–water partition coefficient (Wildman–Crippen LogP) is 15.5. The van der Waals surface area contributed by atoms with E-state index in [1.54, 1.807) is 6.92 Å². The number of nitrogens with zero attached hydrogens (tertiary/aromatic N) is 2. The summed E-state index contributed by atoms with van der Waals surface area (Å²) in [5, 5.41) is 0. The standard InChI is InChI=1S/C21H22Br2N2.C20H35O2P.C7H6.2ClH.Ru/c1-12-7-14(3)18(15(4)8-12)24-11-25(21(23)20(24)22)19-16(5)9-13(2)10-17(19)6;1-16(21)22-17-9-8-14-20(15-17)23(18-10-4-2-5-11-18)19-12-6-3-7-13-19;1-7-5-3-2-4-6-7;;;/h7-10H,1-6H3;17-20H,2-15H2,1H3;1-6H;2*1H;/q;;;;;+2/p-2. The van der Waals surface area contributed by atoms with Crippen molar-refractivity contribution in [2.45, 2.75) is 161 Å². The van der Waals surface area contributed by atoms with Gasteiger partial charge in [-0.3, -0.25) is 4.79 Å². The number of ether oxygens (including phenoxy) is 1. The Morgan fingerprint density at radius 2 is 1.10 bits per heavy atom. The quantitative estimate of drug-likeness (QED) is 0.105. The molecule has 1 aromatic heterocycles. The number of imidazole rings is 1. The number of hydrogen-bond donors (Lipinski definition) is 0. The Balaban J connectivity index is 0.000000213. The van der Waals surface area contributed by atoms with Crippen molar-refractivity contribution in [1.29, 1.82) is 0 Å². The first-order valence-electron chi connectivity index (χ1n) is 21.3. The van der Waals surface area contributed by atoms with Crippen molar-refractivity contribution >= 4 is 69.7 Å². The second kappa shape index (κ2) is 20.8. The number of halogens is 4. The fourth-order valence-corrected chi connectivity index (χ4v) is 22.0. The molecular weight excluding hydrogens is 999 g/mol. The molecule has 3 saturated carbocycles. The first-order chi connectivity index (χ1) is 27.7. The van der Waals surface area contributed by atoms with E-state index in [1.165, 1.54) is 117 Å².